The van der Waals surface area contributed by atoms with E-state index in [4.69, 9.17) is 4.74 Å². The Morgan fingerprint density at radius 2 is 1.85 bits per heavy atom. The van der Waals surface area contributed by atoms with Crippen LogP contribution in [0.3, 0.4) is 0 Å². The average Bonchev–Trinajstić information content (AvgIpc) is 2.89. The second kappa shape index (κ2) is 6.15. The van der Waals surface area contributed by atoms with Crippen molar-refractivity contribution in [2.24, 2.45) is 22.7 Å². The molecule has 0 aliphatic heterocycles. The minimum atomic E-state index is -0.675. The molecule has 0 saturated heterocycles. The number of esters is 1. The molecule has 27 heavy (non-hydrogen) atoms. The summed E-state index contributed by atoms with van der Waals surface area (Å²) in [6.45, 7) is 7.38. The van der Waals surface area contributed by atoms with E-state index >= 15 is 0 Å². The summed E-state index contributed by atoms with van der Waals surface area (Å²) in [4.78, 5) is 36.2. The van der Waals surface area contributed by atoms with Crippen LogP contribution in [0.25, 0.3) is 0 Å². The molecule has 4 rings (SSSR count). The Morgan fingerprint density at radius 1 is 1.11 bits per heavy atom. The second-order valence-electron chi connectivity index (χ2n) is 9.41. The van der Waals surface area contributed by atoms with E-state index in [0.29, 0.717) is 24.7 Å². The lowest BCUT2D eigenvalue weighted by atomic mass is 9.52. The molecular formula is C23H30O4. The molecule has 0 spiro atoms. The van der Waals surface area contributed by atoms with Crippen LogP contribution in [-0.2, 0) is 19.1 Å². The Labute approximate surface area is 161 Å². The second-order valence-corrected chi connectivity index (χ2v) is 9.41. The molecule has 0 unspecified atom stereocenters. The van der Waals surface area contributed by atoms with Gasteiger partial charge in [-0.3, -0.25) is 14.4 Å². The van der Waals surface area contributed by atoms with E-state index in [-0.39, 0.29) is 29.1 Å². The molecule has 0 aromatic rings. The van der Waals surface area contributed by atoms with E-state index in [1.165, 1.54) is 23.6 Å². The number of rotatable bonds is 2. The first-order valence-electron chi connectivity index (χ1n) is 10.3. The van der Waals surface area contributed by atoms with Gasteiger partial charge in [-0.2, -0.15) is 0 Å². The van der Waals surface area contributed by atoms with Crippen molar-refractivity contribution in [3.8, 4) is 0 Å². The van der Waals surface area contributed by atoms with Gasteiger partial charge in [-0.05, 0) is 69.3 Å². The van der Waals surface area contributed by atoms with Gasteiger partial charge in [-0.1, -0.05) is 23.6 Å². The van der Waals surface area contributed by atoms with Gasteiger partial charge in [0.1, 0.15) is 11.9 Å². The largest absolute Gasteiger partial charge is 0.461 e. The number of hydrogen-bond acceptors (Lipinski definition) is 4. The summed E-state index contributed by atoms with van der Waals surface area (Å²) in [5.41, 5.74) is 3.39. The fourth-order valence-corrected chi connectivity index (χ4v) is 6.60. The summed E-state index contributed by atoms with van der Waals surface area (Å²) in [7, 11) is 0. The van der Waals surface area contributed by atoms with Gasteiger partial charge >= 0.3 is 5.97 Å². The molecule has 0 heterocycles. The van der Waals surface area contributed by atoms with Gasteiger partial charge in [0, 0.05) is 19.8 Å². The predicted molar refractivity (Wildman–Crippen MR) is 102 cm³/mol. The molecule has 0 bridgehead atoms. The smallest absolute Gasteiger partial charge is 0.302 e. The fourth-order valence-electron chi connectivity index (χ4n) is 6.60. The van der Waals surface area contributed by atoms with Crippen molar-refractivity contribution in [3.05, 3.63) is 22.8 Å². The van der Waals surface area contributed by atoms with E-state index in [0.717, 1.165) is 32.1 Å². The summed E-state index contributed by atoms with van der Waals surface area (Å²) in [6.07, 6.45) is 7.81. The highest BCUT2D eigenvalue weighted by molar-refractivity contribution is 5.91. The van der Waals surface area contributed by atoms with Crippen LogP contribution in [0.2, 0.25) is 0 Å². The Balaban J connectivity index is 1.72. The number of ketones is 2. The van der Waals surface area contributed by atoms with Crippen molar-refractivity contribution in [1.29, 1.82) is 0 Å². The quantitative estimate of drug-likeness (QED) is 0.536. The summed E-state index contributed by atoms with van der Waals surface area (Å²) in [5, 5.41) is 0. The molecule has 4 nitrogen and oxygen atoms in total. The maximum absolute atomic E-state index is 12.6. The maximum Gasteiger partial charge on any atom is 0.302 e. The number of Topliss-reactive ketones (excluding diaryl/α,β-unsaturated/α-hetero) is 1. The standard InChI is InChI=1S/C23H30O4/c1-13(24)23(4)20-8-7-19-17(18(20)12-21(23)27-14(2)25)6-5-15-11-16(26)9-10-22(15,19)3/h11,17,19,21H,5-10,12H2,1-4H3/t17-,19-,21-,22-,23-/m0/s1. The van der Waals surface area contributed by atoms with Gasteiger partial charge in [0.25, 0.3) is 0 Å². The summed E-state index contributed by atoms with van der Waals surface area (Å²) < 4.78 is 5.65. The van der Waals surface area contributed by atoms with Crippen LogP contribution in [0.4, 0.5) is 0 Å². The van der Waals surface area contributed by atoms with Crippen molar-refractivity contribution < 1.29 is 19.1 Å². The molecule has 0 radical (unpaired) electrons. The Bertz CT molecular complexity index is 788. The van der Waals surface area contributed by atoms with Crippen LogP contribution >= 0.6 is 0 Å². The maximum atomic E-state index is 12.6. The molecule has 4 heteroatoms. The third kappa shape index (κ3) is 2.59. The summed E-state index contributed by atoms with van der Waals surface area (Å²) >= 11 is 0. The summed E-state index contributed by atoms with van der Waals surface area (Å²) in [6, 6.07) is 0. The molecular weight excluding hydrogens is 340 g/mol. The van der Waals surface area contributed by atoms with Crippen LogP contribution in [0, 0.1) is 22.7 Å². The lowest BCUT2D eigenvalue weighted by Crippen LogP contribution is -2.44. The third-order valence-corrected chi connectivity index (χ3v) is 8.24. The topological polar surface area (TPSA) is 60.4 Å². The SMILES string of the molecule is CC(=O)O[C@H]1CC2=C(CC[C@H]3[C@H]2CCC2=CC(=O)CC[C@@]23C)[C@]1(C)C(C)=O. The number of carbonyl (C=O) groups excluding carboxylic acids is 3. The lowest BCUT2D eigenvalue weighted by molar-refractivity contribution is -0.153. The highest BCUT2D eigenvalue weighted by Crippen LogP contribution is 2.62. The van der Waals surface area contributed by atoms with Crippen molar-refractivity contribution in [1.82, 2.24) is 0 Å². The van der Waals surface area contributed by atoms with Crippen molar-refractivity contribution in [2.45, 2.75) is 78.7 Å². The van der Waals surface area contributed by atoms with Crippen LogP contribution in [0.5, 0.6) is 0 Å². The summed E-state index contributed by atoms with van der Waals surface area (Å²) in [5.74, 6) is 1.04. The average molecular weight is 370 g/mol. The zero-order valence-corrected chi connectivity index (χ0v) is 16.9. The van der Waals surface area contributed by atoms with Crippen LogP contribution in [0.1, 0.15) is 72.6 Å². The number of ether oxygens (including phenoxy) is 1. The Hall–Kier alpha value is -1.71. The van der Waals surface area contributed by atoms with Gasteiger partial charge in [-0.25, -0.2) is 0 Å². The molecule has 1 saturated carbocycles. The molecule has 0 amide bonds. The first-order chi connectivity index (χ1) is 12.7. The van der Waals surface area contributed by atoms with Crippen LogP contribution in [-0.4, -0.2) is 23.6 Å². The fraction of sp³-hybridized carbons (Fsp3) is 0.696. The number of fused-ring (bicyclic) bond motifs is 4. The molecule has 0 aromatic carbocycles. The number of hydrogen-bond donors (Lipinski definition) is 0. The molecule has 4 aliphatic carbocycles. The molecule has 0 N–H and O–H groups in total. The molecule has 4 aliphatic rings. The molecule has 146 valence electrons. The highest BCUT2D eigenvalue weighted by atomic mass is 16.5. The minimum Gasteiger partial charge on any atom is -0.461 e. The number of allylic oxidation sites excluding steroid dienone is 2. The molecule has 1 fully saturated rings. The number of carbonyl (C=O) groups is 3. The van der Waals surface area contributed by atoms with Gasteiger partial charge in [0.2, 0.25) is 0 Å². The van der Waals surface area contributed by atoms with Gasteiger partial charge in [0.15, 0.2) is 5.78 Å². The van der Waals surface area contributed by atoms with Crippen molar-refractivity contribution >= 4 is 17.5 Å². The predicted octanol–water partition coefficient (Wildman–Crippen LogP) is 4.33. The first-order valence-corrected chi connectivity index (χ1v) is 10.3. The Kier molecular flexibility index (Phi) is 4.25. The first kappa shape index (κ1) is 18.6. The van der Waals surface area contributed by atoms with Crippen molar-refractivity contribution in [3.63, 3.8) is 0 Å². The third-order valence-electron chi connectivity index (χ3n) is 8.24. The van der Waals surface area contributed by atoms with Gasteiger partial charge in [0.05, 0.1) is 5.41 Å². The van der Waals surface area contributed by atoms with E-state index < -0.39 is 5.41 Å². The molecule has 0 aromatic heterocycles. The van der Waals surface area contributed by atoms with E-state index in [1.807, 2.05) is 13.0 Å². The Morgan fingerprint density at radius 3 is 2.52 bits per heavy atom. The molecule has 5 atom stereocenters. The minimum absolute atomic E-state index is 0.0987. The van der Waals surface area contributed by atoms with Gasteiger partial charge < -0.3 is 4.74 Å². The van der Waals surface area contributed by atoms with E-state index in [2.05, 4.69) is 6.92 Å². The van der Waals surface area contributed by atoms with E-state index in [9.17, 15) is 14.4 Å². The van der Waals surface area contributed by atoms with Crippen LogP contribution < -0.4 is 0 Å². The zero-order chi connectivity index (χ0) is 19.6. The van der Waals surface area contributed by atoms with Crippen molar-refractivity contribution in [2.75, 3.05) is 0 Å². The normalized spacial score (nSPS) is 40.7. The van der Waals surface area contributed by atoms with E-state index in [1.54, 1.807) is 6.92 Å². The monoisotopic (exact) mass is 370 g/mol. The van der Waals surface area contributed by atoms with Crippen LogP contribution in [0.15, 0.2) is 22.8 Å². The van der Waals surface area contributed by atoms with Gasteiger partial charge in [-0.15, -0.1) is 0 Å². The lowest BCUT2D eigenvalue weighted by Gasteiger charge is -2.52. The highest BCUT2D eigenvalue weighted by Gasteiger charge is 2.57. The zero-order valence-electron chi connectivity index (χ0n) is 16.9.